The lowest BCUT2D eigenvalue weighted by Gasteiger charge is -2.09. The zero-order valence-corrected chi connectivity index (χ0v) is 8.66. The molecule has 0 saturated heterocycles. The molecule has 1 aromatic rings. The molecular formula is C9H12ClNS. The van der Waals surface area contributed by atoms with Crippen molar-refractivity contribution in [2.24, 2.45) is 0 Å². The molecule has 0 bridgehead atoms. The molecule has 0 radical (unpaired) electrons. The Morgan fingerprint density at radius 2 is 2.42 bits per heavy atom. The molecule has 1 fully saturated rings. The molecule has 0 amide bonds. The molecule has 1 saturated carbocycles. The second kappa shape index (κ2) is 3.35. The third-order valence-electron chi connectivity index (χ3n) is 2.44. The highest BCUT2D eigenvalue weighted by Gasteiger charge is 2.27. The lowest BCUT2D eigenvalue weighted by Crippen LogP contribution is -2.02. The Kier molecular flexibility index (Phi) is 2.37. The van der Waals surface area contributed by atoms with E-state index in [-0.39, 0.29) is 0 Å². The zero-order valence-electron chi connectivity index (χ0n) is 7.09. The number of aryl methyl sites for hydroxylation is 1. The highest BCUT2D eigenvalue weighted by atomic mass is 35.5. The maximum Gasteiger partial charge on any atom is 0.0514 e. The van der Waals surface area contributed by atoms with Crippen molar-refractivity contribution in [1.82, 2.24) is 4.37 Å². The smallest absolute Gasteiger partial charge is 0.0514 e. The van der Waals surface area contributed by atoms with Crippen LogP contribution in [0, 0.1) is 6.92 Å². The summed E-state index contributed by atoms with van der Waals surface area (Å²) in [6, 6.07) is 2.18. The third-order valence-corrected chi connectivity index (χ3v) is 3.98. The van der Waals surface area contributed by atoms with Crippen LogP contribution in [0.15, 0.2) is 6.07 Å². The van der Waals surface area contributed by atoms with Gasteiger partial charge in [0.05, 0.1) is 5.69 Å². The molecule has 0 N–H and O–H groups in total. The van der Waals surface area contributed by atoms with Crippen molar-refractivity contribution < 1.29 is 0 Å². The molecule has 0 spiro atoms. The van der Waals surface area contributed by atoms with E-state index in [1.165, 1.54) is 24.1 Å². The summed E-state index contributed by atoms with van der Waals surface area (Å²) >= 11 is 7.82. The van der Waals surface area contributed by atoms with E-state index >= 15 is 0 Å². The van der Waals surface area contributed by atoms with Gasteiger partial charge in [-0.2, -0.15) is 4.37 Å². The van der Waals surface area contributed by atoms with Crippen molar-refractivity contribution in [3.63, 3.8) is 0 Å². The van der Waals surface area contributed by atoms with Crippen molar-refractivity contribution >= 4 is 23.1 Å². The van der Waals surface area contributed by atoms with E-state index in [4.69, 9.17) is 11.6 Å². The molecule has 3 heteroatoms. The first-order valence-corrected chi connectivity index (χ1v) is 5.55. The minimum absolute atomic E-state index is 0.352. The van der Waals surface area contributed by atoms with Crippen molar-refractivity contribution in [3.8, 4) is 0 Å². The minimum atomic E-state index is 0.352. The van der Waals surface area contributed by atoms with E-state index in [9.17, 15) is 0 Å². The quantitative estimate of drug-likeness (QED) is 0.636. The van der Waals surface area contributed by atoms with Crippen LogP contribution in [0.1, 0.15) is 35.8 Å². The van der Waals surface area contributed by atoms with E-state index < -0.39 is 0 Å². The number of halogens is 1. The first-order chi connectivity index (χ1) is 5.77. The number of hydrogen-bond acceptors (Lipinski definition) is 2. The van der Waals surface area contributed by atoms with Crippen molar-refractivity contribution in [3.05, 3.63) is 16.6 Å². The number of alkyl halides is 1. The van der Waals surface area contributed by atoms with E-state index in [0.29, 0.717) is 11.3 Å². The standard InChI is InChI=1S/C9H12ClNS/c1-6-5-9(12-11-6)7-3-2-4-8(7)10/h5,7-8H,2-4H2,1H3. The molecule has 2 atom stereocenters. The normalized spacial score (nSPS) is 29.5. The monoisotopic (exact) mass is 201 g/mol. The third kappa shape index (κ3) is 1.50. The minimum Gasteiger partial charge on any atom is -0.198 e. The zero-order chi connectivity index (χ0) is 8.55. The Bertz CT molecular complexity index is 271. The van der Waals surface area contributed by atoms with Gasteiger partial charge < -0.3 is 0 Å². The van der Waals surface area contributed by atoms with Crippen LogP contribution in [0.2, 0.25) is 0 Å². The second-order valence-electron chi connectivity index (χ2n) is 3.42. The predicted octanol–water partition coefficient (Wildman–Crippen LogP) is 3.33. The van der Waals surface area contributed by atoms with Crippen LogP contribution in [0.25, 0.3) is 0 Å². The summed E-state index contributed by atoms with van der Waals surface area (Å²) < 4.78 is 4.28. The Balaban J connectivity index is 2.19. The summed E-state index contributed by atoms with van der Waals surface area (Å²) in [4.78, 5) is 1.38. The van der Waals surface area contributed by atoms with Crippen LogP contribution in [0.5, 0.6) is 0 Å². The molecule has 1 aliphatic carbocycles. The van der Waals surface area contributed by atoms with Gasteiger partial charge in [0.25, 0.3) is 0 Å². The van der Waals surface area contributed by atoms with Gasteiger partial charge in [0.2, 0.25) is 0 Å². The second-order valence-corrected chi connectivity index (χ2v) is 4.82. The Morgan fingerprint density at radius 3 is 2.92 bits per heavy atom. The predicted molar refractivity (Wildman–Crippen MR) is 53.1 cm³/mol. The van der Waals surface area contributed by atoms with E-state index in [1.54, 1.807) is 11.5 Å². The van der Waals surface area contributed by atoms with Crippen LogP contribution < -0.4 is 0 Å². The van der Waals surface area contributed by atoms with Gasteiger partial charge in [-0.15, -0.1) is 11.6 Å². The van der Waals surface area contributed by atoms with Gasteiger partial charge in [0, 0.05) is 16.2 Å². The van der Waals surface area contributed by atoms with Crippen molar-refractivity contribution in [1.29, 1.82) is 0 Å². The average molecular weight is 202 g/mol. The van der Waals surface area contributed by atoms with Crippen LogP contribution in [0.3, 0.4) is 0 Å². The summed E-state index contributed by atoms with van der Waals surface area (Å²) in [5, 5.41) is 0.352. The molecule has 1 nitrogen and oxygen atoms in total. The number of rotatable bonds is 1. The fraction of sp³-hybridized carbons (Fsp3) is 0.667. The van der Waals surface area contributed by atoms with Crippen molar-refractivity contribution in [2.45, 2.75) is 37.5 Å². The van der Waals surface area contributed by atoms with Gasteiger partial charge in [0.15, 0.2) is 0 Å². The topological polar surface area (TPSA) is 12.9 Å². The van der Waals surface area contributed by atoms with Gasteiger partial charge >= 0.3 is 0 Å². The Labute approximate surface area is 81.9 Å². The van der Waals surface area contributed by atoms with E-state index in [1.807, 2.05) is 6.92 Å². The number of aromatic nitrogens is 1. The summed E-state index contributed by atoms with van der Waals surface area (Å²) in [6.45, 7) is 2.04. The van der Waals surface area contributed by atoms with Crippen LogP contribution >= 0.6 is 23.1 Å². The van der Waals surface area contributed by atoms with Gasteiger partial charge in [-0.25, -0.2) is 0 Å². The summed E-state index contributed by atoms with van der Waals surface area (Å²) in [6.07, 6.45) is 3.69. The molecule has 66 valence electrons. The molecule has 12 heavy (non-hydrogen) atoms. The molecular weight excluding hydrogens is 190 g/mol. The molecule has 1 aromatic heterocycles. The Morgan fingerprint density at radius 1 is 1.58 bits per heavy atom. The maximum atomic E-state index is 6.20. The maximum absolute atomic E-state index is 6.20. The first kappa shape index (κ1) is 8.52. The largest absolute Gasteiger partial charge is 0.198 e. The molecule has 2 unspecified atom stereocenters. The number of hydrogen-bond donors (Lipinski definition) is 0. The lowest BCUT2D eigenvalue weighted by molar-refractivity contribution is 0.744. The van der Waals surface area contributed by atoms with E-state index in [2.05, 4.69) is 10.4 Å². The first-order valence-electron chi connectivity index (χ1n) is 4.34. The summed E-state index contributed by atoms with van der Waals surface area (Å²) in [7, 11) is 0. The highest BCUT2D eigenvalue weighted by Crippen LogP contribution is 2.39. The molecule has 2 rings (SSSR count). The van der Waals surface area contributed by atoms with Gasteiger partial charge in [-0.3, -0.25) is 0 Å². The highest BCUT2D eigenvalue weighted by molar-refractivity contribution is 7.05. The molecule has 0 aliphatic heterocycles. The van der Waals surface area contributed by atoms with Crippen LogP contribution in [-0.2, 0) is 0 Å². The average Bonchev–Trinajstić information content (AvgIpc) is 2.58. The van der Waals surface area contributed by atoms with Crippen molar-refractivity contribution in [2.75, 3.05) is 0 Å². The van der Waals surface area contributed by atoms with E-state index in [0.717, 1.165) is 5.69 Å². The fourth-order valence-corrected chi connectivity index (χ4v) is 3.23. The number of nitrogens with zero attached hydrogens (tertiary/aromatic N) is 1. The van der Waals surface area contributed by atoms with Gasteiger partial charge in [0.1, 0.15) is 0 Å². The lowest BCUT2D eigenvalue weighted by atomic mass is 10.1. The van der Waals surface area contributed by atoms with Gasteiger partial charge in [-0.05, 0) is 37.4 Å². The van der Waals surface area contributed by atoms with Crippen LogP contribution in [0.4, 0.5) is 0 Å². The van der Waals surface area contributed by atoms with Gasteiger partial charge in [-0.1, -0.05) is 6.42 Å². The van der Waals surface area contributed by atoms with Crippen LogP contribution in [-0.4, -0.2) is 9.75 Å². The summed E-state index contributed by atoms with van der Waals surface area (Å²) in [5.41, 5.74) is 1.13. The molecule has 0 aromatic carbocycles. The molecule has 1 heterocycles. The SMILES string of the molecule is Cc1cc(C2CCCC2Cl)sn1. The summed E-state index contributed by atoms with van der Waals surface area (Å²) in [5.74, 6) is 0.581. The molecule has 1 aliphatic rings. The Hall–Kier alpha value is -0.0800. The fourth-order valence-electron chi connectivity index (χ4n) is 1.79.